The molecule has 178 valence electrons. The first-order valence-electron chi connectivity index (χ1n) is 12.1. The Morgan fingerprint density at radius 2 is 1.79 bits per heavy atom. The van der Waals surface area contributed by atoms with E-state index in [1.165, 1.54) is 27.3 Å². The third-order valence-corrected chi connectivity index (χ3v) is 8.25. The first kappa shape index (κ1) is 23.7. The van der Waals surface area contributed by atoms with E-state index in [9.17, 15) is 0 Å². The number of nitrogens with zero attached hydrogens (tertiary/aromatic N) is 4. The van der Waals surface area contributed by atoms with E-state index in [0.29, 0.717) is 0 Å². The monoisotopic (exact) mass is 492 g/mol. The van der Waals surface area contributed by atoms with Crippen molar-refractivity contribution in [3.8, 4) is 11.1 Å². The molecule has 3 heterocycles. The number of aromatic nitrogens is 1. The van der Waals surface area contributed by atoms with Crippen molar-refractivity contribution in [2.45, 2.75) is 31.3 Å². The van der Waals surface area contributed by atoms with Crippen LogP contribution in [0.2, 0.25) is 5.02 Å². The second-order valence-electron chi connectivity index (χ2n) is 9.49. The van der Waals surface area contributed by atoms with Crippen LogP contribution in [-0.4, -0.2) is 60.8 Å². The number of piperazine rings is 1. The quantitative estimate of drug-likeness (QED) is 0.422. The Balaban J connectivity index is 1.34. The molecule has 0 N–H and O–H groups in total. The predicted molar refractivity (Wildman–Crippen MR) is 145 cm³/mol. The van der Waals surface area contributed by atoms with Crippen molar-refractivity contribution in [2.75, 3.05) is 50.9 Å². The standard InChI is InChI=1S/C28H33ClN4S/c1-20-16-22(29)5-7-24(20)21-4-6-23(30-17-21)18-32-11-10-25-26(19-32)27(8-9-28(25)34-3)33-14-12-31(2)13-15-33/h4-9,16-17H,10-15,18-19H2,1-3H3. The second kappa shape index (κ2) is 10.3. The second-order valence-corrected chi connectivity index (χ2v) is 10.8. The molecule has 34 heavy (non-hydrogen) atoms. The lowest BCUT2D eigenvalue weighted by atomic mass is 9.96. The molecule has 1 fully saturated rings. The number of hydrogen-bond donors (Lipinski definition) is 0. The lowest BCUT2D eigenvalue weighted by molar-refractivity contribution is 0.241. The van der Waals surface area contributed by atoms with Crippen LogP contribution in [0.3, 0.4) is 0 Å². The van der Waals surface area contributed by atoms with Crippen LogP contribution in [-0.2, 0) is 19.5 Å². The first-order valence-corrected chi connectivity index (χ1v) is 13.7. The summed E-state index contributed by atoms with van der Waals surface area (Å²) < 4.78 is 0. The molecular formula is C28H33ClN4S. The van der Waals surface area contributed by atoms with Gasteiger partial charge in [0.15, 0.2) is 0 Å². The van der Waals surface area contributed by atoms with E-state index < -0.39 is 0 Å². The van der Waals surface area contributed by atoms with Gasteiger partial charge in [0.2, 0.25) is 0 Å². The third-order valence-electron chi connectivity index (χ3n) is 7.20. The minimum atomic E-state index is 0.775. The molecule has 2 aliphatic heterocycles. The van der Waals surface area contributed by atoms with E-state index in [2.05, 4.69) is 65.3 Å². The van der Waals surface area contributed by atoms with Crippen LogP contribution >= 0.6 is 23.4 Å². The van der Waals surface area contributed by atoms with Crippen LogP contribution < -0.4 is 4.90 Å². The fourth-order valence-electron chi connectivity index (χ4n) is 5.21. The highest BCUT2D eigenvalue weighted by molar-refractivity contribution is 7.98. The van der Waals surface area contributed by atoms with Crippen molar-refractivity contribution in [1.82, 2.24) is 14.8 Å². The van der Waals surface area contributed by atoms with Crippen molar-refractivity contribution in [3.05, 3.63) is 76.1 Å². The summed E-state index contributed by atoms with van der Waals surface area (Å²) in [6.45, 7) is 9.52. The van der Waals surface area contributed by atoms with Gasteiger partial charge in [-0.3, -0.25) is 9.88 Å². The van der Waals surface area contributed by atoms with Crippen molar-refractivity contribution < 1.29 is 0 Å². The molecule has 0 saturated carbocycles. The van der Waals surface area contributed by atoms with Crippen molar-refractivity contribution in [3.63, 3.8) is 0 Å². The van der Waals surface area contributed by atoms with Gasteiger partial charge in [-0.05, 0) is 79.2 Å². The average molecular weight is 493 g/mol. The zero-order valence-corrected chi connectivity index (χ0v) is 21.9. The van der Waals surface area contributed by atoms with Crippen molar-refractivity contribution >= 4 is 29.1 Å². The van der Waals surface area contributed by atoms with Gasteiger partial charge >= 0.3 is 0 Å². The molecule has 1 saturated heterocycles. The largest absolute Gasteiger partial charge is 0.369 e. The molecule has 0 atom stereocenters. The van der Waals surface area contributed by atoms with E-state index in [-0.39, 0.29) is 0 Å². The highest BCUT2D eigenvalue weighted by Gasteiger charge is 2.25. The van der Waals surface area contributed by atoms with Crippen molar-refractivity contribution in [2.24, 2.45) is 0 Å². The van der Waals surface area contributed by atoms with Gasteiger partial charge in [-0.2, -0.15) is 0 Å². The summed E-state index contributed by atoms with van der Waals surface area (Å²) in [5, 5.41) is 0.775. The number of anilines is 1. The normalized spacial score (nSPS) is 17.1. The Morgan fingerprint density at radius 1 is 0.971 bits per heavy atom. The summed E-state index contributed by atoms with van der Waals surface area (Å²) in [5.41, 5.74) is 9.15. The van der Waals surface area contributed by atoms with E-state index in [4.69, 9.17) is 16.6 Å². The van der Waals surface area contributed by atoms with Gasteiger partial charge in [0.05, 0.1) is 5.69 Å². The van der Waals surface area contributed by atoms with Crippen LogP contribution in [0.1, 0.15) is 22.4 Å². The molecule has 2 aromatic carbocycles. The molecule has 0 spiro atoms. The van der Waals surface area contributed by atoms with Gasteiger partial charge in [0.1, 0.15) is 0 Å². The molecular weight excluding hydrogens is 460 g/mol. The highest BCUT2D eigenvalue weighted by atomic mass is 35.5. The zero-order valence-electron chi connectivity index (χ0n) is 20.4. The number of aryl methyl sites for hydroxylation is 1. The van der Waals surface area contributed by atoms with Gasteiger partial charge in [-0.25, -0.2) is 0 Å². The number of likely N-dealkylation sites (N-methyl/N-ethyl adjacent to an activating group) is 1. The van der Waals surface area contributed by atoms with Gasteiger partial charge in [-0.1, -0.05) is 23.7 Å². The zero-order chi connectivity index (χ0) is 23.7. The fourth-order valence-corrected chi connectivity index (χ4v) is 6.11. The minimum Gasteiger partial charge on any atom is -0.369 e. The maximum absolute atomic E-state index is 6.13. The lowest BCUT2D eigenvalue weighted by Gasteiger charge is -2.38. The summed E-state index contributed by atoms with van der Waals surface area (Å²) in [7, 11) is 2.22. The number of pyridine rings is 1. The fraction of sp³-hybridized carbons (Fsp3) is 0.393. The van der Waals surface area contributed by atoms with Crippen LogP contribution in [0.5, 0.6) is 0 Å². The van der Waals surface area contributed by atoms with E-state index in [0.717, 1.165) is 68.5 Å². The van der Waals surface area contributed by atoms with E-state index in [1.807, 2.05) is 30.1 Å². The molecule has 2 aliphatic rings. The predicted octanol–water partition coefficient (Wildman–Crippen LogP) is 5.74. The molecule has 0 radical (unpaired) electrons. The molecule has 1 aromatic heterocycles. The van der Waals surface area contributed by atoms with Crippen LogP contribution in [0.25, 0.3) is 11.1 Å². The number of thioether (sulfide) groups is 1. The van der Waals surface area contributed by atoms with Gasteiger partial charge in [0, 0.05) is 73.2 Å². The number of hydrogen-bond acceptors (Lipinski definition) is 5. The molecule has 6 heteroatoms. The Hall–Kier alpha value is -2.05. The van der Waals surface area contributed by atoms with Crippen molar-refractivity contribution in [1.29, 1.82) is 0 Å². The topological polar surface area (TPSA) is 22.6 Å². The summed E-state index contributed by atoms with van der Waals surface area (Å²) in [6, 6.07) is 15.1. The highest BCUT2D eigenvalue weighted by Crippen LogP contribution is 2.36. The van der Waals surface area contributed by atoms with Gasteiger partial charge in [-0.15, -0.1) is 11.8 Å². The van der Waals surface area contributed by atoms with Crippen LogP contribution in [0.4, 0.5) is 5.69 Å². The summed E-state index contributed by atoms with van der Waals surface area (Å²) in [5.74, 6) is 0. The Kier molecular flexibility index (Phi) is 7.16. The summed E-state index contributed by atoms with van der Waals surface area (Å²) >= 11 is 8.01. The van der Waals surface area contributed by atoms with E-state index >= 15 is 0 Å². The number of fused-ring (bicyclic) bond motifs is 1. The summed E-state index contributed by atoms with van der Waals surface area (Å²) in [4.78, 5) is 13.8. The Bertz CT molecular complexity index is 1160. The third kappa shape index (κ3) is 4.99. The lowest BCUT2D eigenvalue weighted by Crippen LogP contribution is -2.45. The molecule has 0 amide bonds. The SMILES string of the molecule is CSc1ccc(N2CCN(C)CC2)c2c1CCN(Cc1ccc(-c3ccc(Cl)cc3C)cn1)C2. The number of halogens is 1. The average Bonchev–Trinajstić information content (AvgIpc) is 2.85. The number of benzene rings is 2. The Labute approximate surface area is 212 Å². The van der Waals surface area contributed by atoms with Crippen LogP contribution in [0.15, 0.2) is 53.6 Å². The van der Waals surface area contributed by atoms with Gasteiger partial charge in [0.25, 0.3) is 0 Å². The molecule has 0 aliphatic carbocycles. The molecule has 5 rings (SSSR count). The van der Waals surface area contributed by atoms with Gasteiger partial charge < -0.3 is 9.80 Å². The summed E-state index contributed by atoms with van der Waals surface area (Å²) in [6.07, 6.45) is 5.31. The maximum atomic E-state index is 6.13. The number of rotatable bonds is 5. The molecule has 0 bridgehead atoms. The smallest absolute Gasteiger partial charge is 0.0544 e. The first-order chi connectivity index (χ1) is 16.5. The maximum Gasteiger partial charge on any atom is 0.0544 e. The van der Waals surface area contributed by atoms with E-state index in [1.54, 1.807) is 5.56 Å². The minimum absolute atomic E-state index is 0.775. The molecule has 0 unspecified atom stereocenters. The van der Waals surface area contributed by atoms with Crippen LogP contribution in [0, 0.1) is 6.92 Å². The molecule has 4 nitrogen and oxygen atoms in total. The Morgan fingerprint density at radius 3 is 2.50 bits per heavy atom. The molecule has 3 aromatic rings.